The maximum Gasteiger partial charge on any atom is 0.297 e. The van der Waals surface area contributed by atoms with Crippen molar-refractivity contribution in [2.45, 2.75) is 81.1 Å². The van der Waals surface area contributed by atoms with E-state index in [2.05, 4.69) is 13.8 Å². The van der Waals surface area contributed by atoms with Crippen LogP contribution < -0.4 is 5.14 Å². The van der Waals surface area contributed by atoms with Gasteiger partial charge in [0.1, 0.15) is 0 Å². The van der Waals surface area contributed by atoms with Crippen LogP contribution in [0.15, 0.2) is 45.7 Å². The molecule has 1 aromatic carbocycles. The van der Waals surface area contributed by atoms with Gasteiger partial charge < -0.3 is 0 Å². The highest BCUT2D eigenvalue weighted by molar-refractivity contribution is 7.89. The molecule has 1 aromatic rings. The van der Waals surface area contributed by atoms with E-state index in [-0.39, 0.29) is 26.4 Å². The van der Waals surface area contributed by atoms with Crippen LogP contribution in [0.2, 0.25) is 0 Å². The fourth-order valence-electron chi connectivity index (χ4n) is 7.68. The molecule has 9 heteroatoms. The van der Waals surface area contributed by atoms with Crippen molar-refractivity contribution in [3.05, 3.63) is 35.9 Å². The molecule has 3 fully saturated rings. The maximum atomic E-state index is 13.1. The highest BCUT2D eigenvalue weighted by Gasteiger charge is 2.60. The third-order valence-electron chi connectivity index (χ3n) is 9.54. The van der Waals surface area contributed by atoms with E-state index >= 15 is 0 Å². The van der Waals surface area contributed by atoms with Crippen LogP contribution in [0.4, 0.5) is 0 Å². The van der Waals surface area contributed by atoms with Crippen molar-refractivity contribution in [2.24, 2.45) is 33.7 Å². The van der Waals surface area contributed by atoms with Gasteiger partial charge in [-0.3, -0.25) is 8.98 Å². The molecule has 1 unspecified atom stereocenters. The van der Waals surface area contributed by atoms with Crippen molar-refractivity contribution in [3.63, 3.8) is 0 Å². The second-order valence-corrected chi connectivity index (χ2v) is 14.3. The number of carbonyl (C=O) groups excluding carboxylic acids is 1. The minimum absolute atomic E-state index is 0.0668. The van der Waals surface area contributed by atoms with Gasteiger partial charge in [0.2, 0.25) is 10.0 Å². The zero-order valence-corrected chi connectivity index (χ0v) is 21.3. The van der Waals surface area contributed by atoms with E-state index in [9.17, 15) is 21.6 Å². The third-order valence-corrected chi connectivity index (χ3v) is 11.8. The van der Waals surface area contributed by atoms with Gasteiger partial charge in [-0.25, -0.2) is 13.6 Å². The lowest BCUT2D eigenvalue weighted by Gasteiger charge is -2.57. The van der Waals surface area contributed by atoms with Gasteiger partial charge in [0.15, 0.2) is 5.78 Å². The monoisotopic (exact) mass is 507 g/mol. The van der Waals surface area contributed by atoms with Gasteiger partial charge in [-0.05, 0) is 97.8 Å². The molecule has 0 spiro atoms. The molecule has 4 aliphatic carbocycles. The van der Waals surface area contributed by atoms with Crippen LogP contribution in [0, 0.1) is 28.6 Å². The van der Waals surface area contributed by atoms with E-state index in [1.54, 1.807) is 0 Å². The number of sulfonamides is 1. The largest absolute Gasteiger partial charge is 0.297 e. The van der Waals surface area contributed by atoms with E-state index in [4.69, 9.17) is 9.32 Å². The lowest BCUT2D eigenvalue weighted by atomic mass is 9.47. The molecule has 0 radical (unpaired) electrons. The summed E-state index contributed by atoms with van der Waals surface area (Å²) < 4.78 is 55.5. The fraction of sp³-hybridized carbons (Fsp3) is 0.640. The topological polar surface area (TPSA) is 121 Å². The van der Waals surface area contributed by atoms with Gasteiger partial charge in [-0.15, -0.1) is 0 Å². The van der Waals surface area contributed by atoms with Crippen LogP contribution >= 0.6 is 0 Å². The van der Waals surface area contributed by atoms with Gasteiger partial charge in [0.25, 0.3) is 10.1 Å². The van der Waals surface area contributed by atoms with E-state index < -0.39 is 26.2 Å². The zero-order chi connectivity index (χ0) is 24.5. The average molecular weight is 508 g/mol. The number of carbonyl (C=O) groups is 1. The quantitative estimate of drug-likeness (QED) is 0.616. The Morgan fingerprint density at radius 1 is 0.941 bits per heavy atom. The molecule has 0 heterocycles. The first-order chi connectivity index (χ1) is 15.8. The highest BCUT2D eigenvalue weighted by Crippen LogP contribution is 2.65. The van der Waals surface area contributed by atoms with Crippen LogP contribution in [-0.2, 0) is 29.1 Å². The van der Waals surface area contributed by atoms with Crippen molar-refractivity contribution >= 4 is 25.9 Å². The third kappa shape index (κ3) is 3.79. The Kier molecular flexibility index (Phi) is 5.67. The van der Waals surface area contributed by atoms with Crippen LogP contribution in [0.5, 0.6) is 0 Å². The lowest BCUT2D eigenvalue weighted by molar-refractivity contribution is -0.117. The van der Waals surface area contributed by atoms with Gasteiger partial charge in [-0.1, -0.05) is 25.5 Å². The molecular formula is C25H33NO6S2. The Hall–Kier alpha value is -1.55. The predicted molar refractivity (Wildman–Crippen MR) is 127 cm³/mol. The van der Waals surface area contributed by atoms with E-state index in [0.717, 1.165) is 44.6 Å². The molecular weight excluding hydrogens is 474 g/mol. The molecule has 7 nitrogen and oxygen atoms in total. The molecule has 4 aliphatic rings. The van der Waals surface area contributed by atoms with Crippen molar-refractivity contribution in [1.82, 2.24) is 0 Å². The first-order valence-corrected chi connectivity index (χ1v) is 15.1. The summed E-state index contributed by atoms with van der Waals surface area (Å²) in [4.78, 5) is 11.6. The molecule has 34 heavy (non-hydrogen) atoms. The Bertz CT molecular complexity index is 1270. The van der Waals surface area contributed by atoms with Crippen LogP contribution in [-0.4, -0.2) is 28.7 Å². The Balaban J connectivity index is 1.39. The van der Waals surface area contributed by atoms with Crippen LogP contribution in [0.1, 0.15) is 65.2 Å². The number of allylic oxidation sites excluding steroid dienone is 1. The Morgan fingerprint density at radius 3 is 2.41 bits per heavy atom. The second-order valence-electron chi connectivity index (χ2n) is 11.1. The molecule has 6 atom stereocenters. The maximum absolute atomic E-state index is 13.1. The smallest absolute Gasteiger partial charge is 0.295 e. The molecule has 186 valence electrons. The SMILES string of the molecule is C[C@]12CCC(=O)C=C1CC[C@@H]1[C@H]2CC[C@]2(C)C(OS(=O)(=O)c3cccc(S(N)(=O)=O)c3)CC[C@@H]12. The van der Waals surface area contributed by atoms with Crippen molar-refractivity contribution < 1.29 is 25.8 Å². The summed E-state index contributed by atoms with van der Waals surface area (Å²) in [5.41, 5.74) is 1.13. The van der Waals surface area contributed by atoms with E-state index in [1.807, 2.05) is 6.08 Å². The van der Waals surface area contributed by atoms with Crippen molar-refractivity contribution in [1.29, 1.82) is 0 Å². The first-order valence-electron chi connectivity index (χ1n) is 12.1. The molecule has 2 N–H and O–H groups in total. The van der Waals surface area contributed by atoms with Crippen molar-refractivity contribution in [2.75, 3.05) is 0 Å². The highest BCUT2D eigenvalue weighted by atomic mass is 32.2. The number of benzene rings is 1. The van der Waals surface area contributed by atoms with Gasteiger partial charge in [0, 0.05) is 6.42 Å². The molecule has 0 saturated heterocycles. The lowest BCUT2D eigenvalue weighted by Crippen LogP contribution is -2.51. The van der Waals surface area contributed by atoms with Crippen LogP contribution in [0.3, 0.4) is 0 Å². The summed E-state index contributed by atoms with van der Waals surface area (Å²) in [5.74, 6) is 1.63. The summed E-state index contributed by atoms with van der Waals surface area (Å²) in [6.07, 6.45) is 8.43. The summed E-state index contributed by atoms with van der Waals surface area (Å²) in [7, 11) is -8.17. The molecule has 0 bridgehead atoms. The average Bonchev–Trinajstić information content (AvgIpc) is 3.09. The summed E-state index contributed by atoms with van der Waals surface area (Å²) in [6, 6.07) is 5.04. The number of ketones is 1. The van der Waals surface area contributed by atoms with Gasteiger partial charge >= 0.3 is 0 Å². The minimum Gasteiger partial charge on any atom is -0.295 e. The molecule has 3 saturated carbocycles. The number of rotatable bonds is 4. The first kappa shape index (κ1) is 24.2. The molecule has 0 aliphatic heterocycles. The second kappa shape index (κ2) is 7.98. The van der Waals surface area contributed by atoms with E-state index in [1.165, 1.54) is 23.8 Å². The van der Waals surface area contributed by atoms with Gasteiger partial charge in [0.05, 0.1) is 15.9 Å². The summed E-state index contributed by atoms with van der Waals surface area (Å²) in [5, 5.41) is 5.18. The minimum atomic E-state index is -4.15. The molecule has 0 aromatic heterocycles. The van der Waals surface area contributed by atoms with Crippen molar-refractivity contribution in [3.8, 4) is 0 Å². The van der Waals surface area contributed by atoms with Crippen LogP contribution in [0.25, 0.3) is 0 Å². The Morgan fingerprint density at radius 2 is 1.68 bits per heavy atom. The number of hydrogen-bond donors (Lipinski definition) is 1. The fourth-order valence-corrected chi connectivity index (χ4v) is 9.57. The summed E-state index contributed by atoms with van der Waals surface area (Å²) >= 11 is 0. The number of hydrogen-bond acceptors (Lipinski definition) is 6. The standard InChI is InChI=1S/C25H33NO6S2/c1-24-12-10-17(27)14-16(24)6-7-20-21-8-9-23(25(21,2)13-11-22(20)24)32-34(30,31)19-5-3-4-18(15-19)33(26,28)29/h3-5,14-15,20-23H,6-13H2,1-2H3,(H2,26,28,29)/t20-,21-,22+,23?,24-,25-/m0/s1. The Labute approximate surface area is 202 Å². The number of fused-ring (bicyclic) bond motifs is 5. The summed E-state index contributed by atoms with van der Waals surface area (Å²) in [6.45, 7) is 4.50. The molecule has 5 rings (SSSR count). The predicted octanol–water partition coefficient (Wildman–Crippen LogP) is 3.94. The normalized spacial score (nSPS) is 38.0. The number of primary sulfonamides is 1. The number of nitrogens with two attached hydrogens (primary N) is 1. The zero-order valence-electron chi connectivity index (χ0n) is 19.7. The molecule has 0 amide bonds. The van der Waals surface area contributed by atoms with E-state index in [0.29, 0.717) is 30.6 Å². The van der Waals surface area contributed by atoms with Gasteiger partial charge in [-0.2, -0.15) is 8.42 Å².